The number of thiocarbonyl (C=S) groups is 1. The molecule has 2 N–H and O–H groups in total. The number of esters is 1. The van der Waals surface area contributed by atoms with Crippen LogP contribution in [0.1, 0.15) is 47.9 Å². The summed E-state index contributed by atoms with van der Waals surface area (Å²) in [5, 5.41) is 6.20. The Hall–Kier alpha value is -3.04. The number of hydrogen-bond donors (Lipinski definition) is 2. The Morgan fingerprint density at radius 2 is 1.97 bits per heavy atom. The monoisotopic (exact) mass is 457 g/mol. The zero-order valence-corrected chi connectivity index (χ0v) is 19.1. The number of fused-ring (bicyclic) bond motifs is 1. The number of nitrogens with zero attached hydrogens (tertiary/aromatic N) is 1. The summed E-state index contributed by atoms with van der Waals surface area (Å²) < 4.78 is 11.6. The van der Waals surface area contributed by atoms with E-state index in [9.17, 15) is 9.59 Å². The Morgan fingerprint density at radius 1 is 1.16 bits per heavy atom. The predicted octanol–water partition coefficient (Wildman–Crippen LogP) is 4.78. The highest BCUT2D eigenvalue weighted by Gasteiger charge is 2.14. The van der Waals surface area contributed by atoms with Crippen molar-refractivity contribution in [3.8, 4) is 5.75 Å². The average molecular weight is 458 g/mol. The molecule has 0 aliphatic carbocycles. The summed E-state index contributed by atoms with van der Waals surface area (Å²) in [5.74, 6) is -0.0987. The minimum Gasteiger partial charge on any atom is -0.494 e. The highest BCUT2D eigenvalue weighted by atomic mass is 32.1. The topological polar surface area (TPSA) is 89.5 Å². The van der Waals surface area contributed by atoms with E-state index in [1.54, 1.807) is 56.3 Å². The molecule has 0 fully saturated rings. The van der Waals surface area contributed by atoms with E-state index in [2.05, 4.69) is 15.6 Å². The number of amides is 1. The Kier molecular flexibility index (Phi) is 7.54. The van der Waals surface area contributed by atoms with Crippen molar-refractivity contribution < 1.29 is 19.1 Å². The largest absolute Gasteiger partial charge is 0.494 e. The summed E-state index contributed by atoms with van der Waals surface area (Å²) in [6.07, 6.45) is 0.689. The van der Waals surface area contributed by atoms with Crippen molar-refractivity contribution in [2.45, 2.75) is 33.3 Å². The molecule has 0 aliphatic rings. The van der Waals surface area contributed by atoms with E-state index in [1.807, 2.05) is 6.92 Å². The number of anilines is 1. The van der Waals surface area contributed by atoms with Crippen molar-refractivity contribution in [2.75, 3.05) is 11.9 Å². The van der Waals surface area contributed by atoms with Gasteiger partial charge in [-0.1, -0.05) is 24.3 Å². The van der Waals surface area contributed by atoms with E-state index < -0.39 is 0 Å². The lowest BCUT2D eigenvalue weighted by atomic mass is 10.2. The molecule has 31 heavy (non-hydrogen) atoms. The molecule has 1 heterocycles. The zero-order chi connectivity index (χ0) is 22.4. The summed E-state index contributed by atoms with van der Waals surface area (Å²) in [6, 6.07) is 12.1. The van der Waals surface area contributed by atoms with Gasteiger partial charge in [-0.25, -0.2) is 9.78 Å². The molecule has 0 saturated heterocycles. The first-order chi connectivity index (χ1) is 14.9. The number of hydrogen-bond acceptors (Lipinski definition) is 7. The van der Waals surface area contributed by atoms with Crippen molar-refractivity contribution in [3.05, 3.63) is 53.6 Å². The van der Waals surface area contributed by atoms with Crippen LogP contribution in [0.15, 0.2) is 42.5 Å². The Morgan fingerprint density at radius 3 is 2.71 bits per heavy atom. The van der Waals surface area contributed by atoms with Crippen LogP contribution in [0.3, 0.4) is 0 Å². The lowest BCUT2D eigenvalue weighted by molar-refractivity contribution is 0.0378. The Balaban J connectivity index is 1.65. The van der Waals surface area contributed by atoms with Gasteiger partial charge in [0.1, 0.15) is 5.75 Å². The summed E-state index contributed by atoms with van der Waals surface area (Å²) >= 11 is 6.57. The summed E-state index contributed by atoms with van der Waals surface area (Å²) in [4.78, 5) is 29.0. The van der Waals surface area contributed by atoms with Gasteiger partial charge in [0.05, 0.1) is 28.5 Å². The number of thiazole rings is 1. The van der Waals surface area contributed by atoms with Crippen molar-refractivity contribution in [2.24, 2.45) is 0 Å². The molecule has 3 aromatic rings. The Labute approximate surface area is 189 Å². The van der Waals surface area contributed by atoms with E-state index in [0.717, 1.165) is 11.1 Å². The maximum absolute atomic E-state index is 12.5. The van der Waals surface area contributed by atoms with Crippen LogP contribution >= 0.6 is 23.6 Å². The van der Waals surface area contributed by atoms with Crippen LogP contribution in [0.4, 0.5) is 5.13 Å². The molecule has 7 nitrogen and oxygen atoms in total. The quantitative estimate of drug-likeness (QED) is 0.390. The van der Waals surface area contributed by atoms with Crippen molar-refractivity contribution in [1.29, 1.82) is 0 Å². The molecule has 0 saturated carbocycles. The number of aromatic nitrogens is 1. The maximum Gasteiger partial charge on any atom is 0.338 e. The minimum atomic E-state index is -0.382. The van der Waals surface area contributed by atoms with Crippen LogP contribution in [-0.2, 0) is 4.74 Å². The molecule has 0 unspecified atom stereocenters. The second kappa shape index (κ2) is 10.3. The number of carbonyl (C=O) groups excluding carboxylic acids is 2. The lowest BCUT2D eigenvalue weighted by Crippen LogP contribution is -2.34. The summed E-state index contributed by atoms with van der Waals surface area (Å²) in [7, 11) is 0. The Bertz CT molecular complexity index is 1110. The molecule has 1 aromatic heterocycles. The molecular weight excluding hydrogens is 434 g/mol. The molecule has 9 heteroatoms. The van der Waals surface area contributed by atoms with E-state index in [1.165, 1.54) is 11.3 Å². The van der Waals surface area contributed by atoms with Gasteiger partial charge in [0.15, 0.2) is 10.2 Å². The normalized spacial score (nSPS) is 10.7. The molecule has 0 radical (unpaired) electrons. The molecule has 1 amide bonds. The van der Waals surface area contributed by atoms with Gasteiger partial charge in [0.25, 0.3) is 5.91 Å². The molecule has 0 spiro atoms. The van der Waals surface area contributed by atoms with Crippen LogP contribution in [0.5, 0.6) is 5.75 Å². The molecule has 2 aromatic carbocycles. The van der Waals surface area contributed by atoms with Crippen molar-refractivity contribution in [1.82, 2.24) is 10.3 Å². The third-order valence-corrected chi connectivity index (χ3v) is 5.12. The third-order valence-electron chi connectivity index (χ3n) is 3.98. The smallest absolute Gasteiger partial charge is 0.338 e. The van der Waals surface area contributed by atoms with Crippen molar-refractivity contribution in [3.63, 3.8) is 0 Å². The van der Waals surface area contributed by atoms with Crippen LogP contribution in [-0.4, -0.2) is 34.7 Å². The first-order valence-electron chi connectivity index (χ1n) is 9.82. The van der Waals surface area contributed by atoms with Crippen LogP contribution in [0, 0.1) is 0 Å². The molecular formula is C22H23N3O4S2. The SMILES string of the molecule is CCCOc1cccc(C(=O)NC(=S)Nc2nc3ccc(C(=O)OC(C)C)cc3s2)c1. The predicted molar refractivity (Wildman–Crippen MR) is 126 cm³/mol. The van der Waals surface area contributed by atoms with Gasteiger partial charge in [0, 0.05) is 5.56 Å². The zero-order valence-electron chi connectivity index (χ0n) is 17.4. The average Bonchev–Trinajstić information content (AvgIpc) is 3.13. The molecule has 0 bridgehead atoms. The van der Waals surface area contributed by atoms with Crippen LogP contribution in [0.25, 0.3) is 10.2 Å². The summed E-state index contributed by atoms with van der Waals surface area (Å²) in [6.45, 7) is 6.20. The van der Waals surface area contributed by atoms with Gasteiger partial charge in [0.2, 0.25) is 0 Å². The molecule has 3 rings (SSSR count). The van der Waals surface area contributed by atoms with Crippen molar-refractivity contribution >= 4 is 55.9 Å². The first-order valence-corrected chi connectivity index (χ1v) is 11.0. The van der Waals surface area contributed by atoms with Gasteiger partial charge in [-0.2, -0.15) is 0 Å². The standard InChI is InChI=1S/C22H23N3O4S2/c1-4-10-28-16-7-5-6-14(11-16)19(26)24-21(30)25-22-23-17-9-8-15(12-18(17)31-22)20(27)29-13(2)3/h5-9,11-13H,4,10H2,1-3H3,(H2,23,24,25,26,30). The van der Waals surface area contributed by atoms with Gasteiger partial charge < -0.3 is 14.8 Å². The summed E-state index contributed by atoms with van der Waals surface area (Å²) in [5.41, 5.74) is 1.61. The van der Waals surface area contributed by atoms with E-state index >= 15 is 0 Å². The lowest BCUT2D eigenvalue weighted by Gasteiger charge is -2.09. The van der Waals surface area contributed by atoms with Gasteiger partial charge in [-0.15, -0.1) is 0 Å². The minimum absolute atomic E-state index is 0.128. The fourth-order valence-corrected chi connectivity index (χ4v) is 3.80. The third kappa shape index (κ3) is 6.22. The fourth-order valence-electron chi connectivity index (χ4n) is 2.64. The number of rotatable bonds is 7. The van der Waals surface area contributed by atoms with Crippen LogP contribution < -0.4 is 15.4 Å². The molecule has 0 aliphatic heterocycles. The number of carbonyl (C=O) groups is 2. The van der Waals surface area contributed by atoms with Gasteiger partial charge >= 0.3 is 5.97 Å². The highest BCUT2D eigenvalue weighted by molar-refractivity contribution is 7.80. The van der Waals surface area contributed by atoms with E-state index in [4.69, 9.17) is 21.7 Å². The van der Waals surface area contributed by atoms with E-state index in [0.29, 0.717) is 34.1 Å². The van der Waals surface area contributed by atoms with Gasteiger partial charge in [-0.05, 0) is 68.9 Å². The molecule has 0 atom stereocenters. The highest BCUT2D eigenvalue weighted by Crippen LogP contribution is 2.27. The fraction of sp³-hybridized carbons (Fsp3) is 0.273. The van der Waals surface area contributed by atoms with E-state index in [-0.39, 0.29) is 23.1 Å². The number of benzene rings is 2. The number of nitrogens with one attached hydrogen (secondary N) is 2. The molecule has 162 valence electrons. The van der Waals surface area contributed by atoms with Gasteiger partial charge in [-0.3, -0.25) is 10.1 Å². The van der Waals surface area contributed by atoms with Crippen LogP contribution in [0.2, 0.25) is 0 Å². The number of ether oxygens (including phenoxy) is 2. The maximum atomic E-state index is 12.5. The second-order valence-electron chi connectivity index (χ2n) is 6.94. The second-order valence-corrected chi connectivity index (χ2v) is 8.38. The first kappa shape index (κ1) is 22.6.